The third kappa shape index (κ3) is 10.4. The van der Waals surface area contributed by atoms with Gasteiger partial charge in [-0.2, -0.15) is 0 Å². The number of hydrogen-bond donors (Lipinski definition) is 2. The quantitative estimate of drug-likeness (QED) is 0.477. The molecule has 2 N–H and O–H groups in total. The van der Waals surface area contributed by atoms with Gasteiger partial charge in [-0.05, 0) is 44.6 Å². The number of amides is 1. The van der Waals surface area contributed by atoms with Crippen molar-refractivity contribution in [3.63, 3.8) is 0 Å². The molecule has 0 atom stereocenters. The lowest BCUT2D eigenvalue weighted by molar-refractivity contribution is -0.139. The molecule has 38 heavy (non-hydrogen) atoms. The lowest BCUT2D eigenvalue weighted by atomic mass is 9.72. The highest BCUT2D eigenvalue weighted by molar-refractivity contribution is 5.78. The molecule has 0 bridgehead atoms. The average Bonchev–Trinajstić information content (AvgIpc) is 2.90. The van der Waals surface area contributed by atoms with Crippen molar-refractivity contribution in [3.05, 3.63) is 0 Å². The van der Waals surface area contributed by atoms with E-state index in [4.69, 9.17) is 0 Å². The second kappa shape index (κ2) is 15.7. The van der Waals surface area contributed by atoms with Crippen molar-refractivity contribution in [1.82, 2.24) is 24.5 Å². The normalized spacial score (nSPS) is 26.8. The van der Waals surface area contributed by atoms with Crippen LogP contribution in [-0.4, -0.2) is 145 Å². The summed E-state index contributed by atoms with van der Waals surface area (Å²) in [5.41, 5.74) is 0. The van der Waals surface area contributed by atoms with E-state index in [0.717, 1.165) is 24.7 Å². The number of aliphatic carboxylic acids is 2. The van der Waals surface area contributed by atoms with Crippen LogP contribution < -0.4 is 0 Å². The number of carbonyl (C=O) groups is 3. The summed E-state index contributed by atoms with van der Waals surface area (Å²) in [5, 5.41) is 18.8. The lowest BCUT2D eigenvalue weighted by Crippen LogP contribution is -2.50. The van der Waals surface area contributed by atoms with E-state index in [1.807, 2.05) is 28.8 Å². The van der Waals surface area contributed by atoms with Crippen LogP contribution in [0.25, 0.3) is 0 Å². The second-order valence-corrected chi connectivity index (χ2v) is 11.9. The molecule has 10 heteroatoms. The van der Waals surface area contributed by atoms with Crippen molar-refractivity contribution >= 4 is 17.8 Å². The van der Waals surface area contributed by atoms with E-state index < -0.39 is 11.9 Å². The minimum absolute atomic E-state index is 0.0229. The number of carboxylic acids is 2. The monoisotopic (exact) mass is 537 g/mol. The zero-order chi connectivity index (χ0) is 27.5. The smallest absolute Gasteiger partial charge is 0.317 e. The molecule has 0 spiro atoms. The molecule has 2 aliphatic carbocycles. The minimum atomic E-state index is -0.849. The van der Waals surface area contributed by atoms with E-state index in [9.17, 15) is 24.6 Å². The maximum absolute atomic E-state index is 13.4. The van der Waals surface area contributed by atoms with E-state index in [1.54, 1.807) is 0 Å². The number of carboxylic acid groups (broad SMARTS) is 2. The summed E-state index contributed by atoms with van der Waals surface area (Å²) >= 11 is 0. The number of likely N-dealkylation sites (N-methyl/N-ethyl adjacent to an activating group) is 2. The van der Waals surface area contributed by atoms with Crippen molar-refractivity contribution in [1.29, 1.82) is 0 Å². The highest BCUT2D eigenvalue weighted by Crippen LogP contribution is 2.39. The van der Waals surface area contributed by atoms with Crippen LogP contribution in [0.2, 0.25) is 0 Å². The molecule has 1 heterocycles. The van der Waals surface area contributed by atoms with E-state index in [2.05, 4.69) is 9.80 Å². The maximum Gasteiger partial charge on any atom is 0.317 e. The summed E-state index contributed by atoms with van der Waals surface area (Å²) < 4.78 is 0. The molecule has 2 saturated carbocycles. The van der Waals surface area contributed by atoms with Gasteiger partial charge in [0, 0.05) is 65.4 Å². The van der Waals surface area contributed by atoms with Crippen molar-refractivity contribution in [3.8, 4) is 0 Å². The van der Waals surface area contributed by atoms with E-state index in [0.29, 0.717) is 52.4 Å². The minimum Gasteiger partial charge on any atom is -0.480 e. The predicted octanol–water partition coefficient (Wildman–Crippen LogP) is 1.60. The van der Waals surface area contributed by atoms with Crippen molar-refractivity contribution in [2.24, 2.45) is 11.8 Å². The molecule has 3 fully saturated rings. The predicted molar refractivity (Wildman–Crippen MR) is 147 cm³/mol. The Balaban J connectivity index is 1.57. The van der Waals surface area contributed by atoms with Gasteiger partial charge in [-0.3, -0.25) is 29.1 Å². The van der Waals surface area contributed by atoms with Gasteiger partial charge in [0.15, 0.2) is 0 Å². The van der Waals surface area contributed by atoms with Gasteiger partial charge in [-0.1, -0.05) is 32.1 Å². The number of nitrogens with zero attached hydrogens (tertiary/aromatic N) is 5. The van der Waals surface area contributed by atoms with Crippen LogP contribution in [0.1, 0.15) is 57.8 Å². The zero-order valence-corrected chi connectivity index (χ0v) is 23.7. The Hall–Kier alpha value is -1.75. The Morgan fingerprint density at radius 1 is 0.632 bits per heavy atom. The fraction of sp³-hybridized carbons (Fsp3) is 0.893. The van der Waals surface area contributed by atoms with Crippen LogP contribution >= 0.6 is 0 Å². The van der Waals surface area contributed by atoms with E-state index in [1.165, 1.54) is 44.9 Å². The Bertz CT molecular complexity index is 722. The van der Waals surface area contributed by atoms with Crippen molar-refractivity contribution in [2.45, 2.75) is 63.8 Å². The largest absolute Gasteiger partial charge is 0.480 e. The first-order valence-corrected chi connectivity index (χ1v) is 14.8. The van der Waals surface area contributed by atoms with Gasteiger partial charge in [0.25, 0.3) is 0 Å². The highest BCUT2D eigenvalue weighted by atomic mass is 16.4. The van der Waals surface area contributed by atoms with Gasteiger partial charge < -0.3 is 20.0 Å². The summed E-state index contributed by atoms with van der Waals surface area (Å²) in [7, 11) is 3.92. The topological polar surface area (TPSA) is 108 Å². The number of rotatable bonds is 8. The average molecular weight is 538 g/mol. The molecule has 0 aromatic carbocycles. The molecule has 0 unspecified atom stereocenters. The van der Waals surface area contributed by atoms with Crippen molar-refractivity contribution in [2.75, 3.05) is 86.1 Å². The fourth-order valence-corrected chi connectivity index (χ4v) is 6.57. The molecule has 0 aromatic rings. The van der Waals surface area contributed by atoms with Crippen LogP contribution in [0.3, 0.4) is 0 Å². The second-order valence-electron chi connectivity index (χ2n) is 11.9. The number of carbonyl (C=O) groups excluding carboxylic acids is 1. The first-order chi connectivity index (χ1) is 18.2. The molecular formula is C28H51N5O5. The standard InChI is InChI=1S/C28H51N5O5/c1-29-12-14-32(21-27(35)36)18-16-31(17-19-33(15-13-29)22-28(37)38)20-26(34)30(2)25-10-8-24(9-11-25)23-6-4-3-5-7-23/h23-25H,3-22H2,1-2H3,(H,35,36)(H,37,38). The lowest BCUT2D eigenvalue weighted by Gasteiger charge is -2.39. The molecule has 1 saturated heterocycles. The molecule has 10 nitrogen and oxygen atoms in total. The first kappa shape index (κ1) is 30.8. The van der Waals surface area contributed by atoms with Crippen molar-refractivity contribution < 1.29 is 24.6 Å². The van der Waals surface area contributed by atoms with E-state index >= 15 is 0 Å². The Morgan fingerprint density at radius 3 is 1.53 bits per heavy atom. The molecular weight excluding hydrogens is 486 g/mol. The summed E-state index contributed by atoms with van der Waals surface area (Å²) in [6.07, 6.45) is 11.5. The molecule has 218 valence electrons. The van der Waals surface area contributed by atoms with Gasteiger partial charge in [-0.25, -0.2) is 0 Å². The molecule has 3 aliphatic rings. The molecule has 1 amide bonds. The third-order valence-corrected chi connectivity index (χ3v) is 9.14. The van der Waals surface area contributed by atoms with Gasteiger partial charge >= 0.3 is 11.9 Å². The Morgan fingerprint density at radius 2 is 1.05 bits per heavy atom. The number of hydrogen-bond acceptors (Lipinski definition) is 7. The first-order valence-electron chi connectivity index (χ1n) is 14.8. The summed E-state index contributed by atoms with van der Waals surface area (Å²) in [4.78, 5) is 46.3. The molecule has 0 radical (unpaired) electrons. The summed E-state index contributed by atoms with van der Waals surface area (Å²) in [6.45, 7) is 5.15. The summed E-state index contributed by atoms with van der Waals surface area (Å²) in [5.74, 6) is 0.115. The molecule has 1 aliphatic heterocycles. The van der Waals surface area contributed by atoms with E-state index in [-0.39, 0.29) is 31.6 Å². The van der Waals surface area contributed by atoms with Gasteiger partial charge in [0.05, 0.1) is 19.6 Å². The van der Waals surface area contributed by atoms with Crippen LogP contribution in [0.15, 0.2) is 0 Å². The molecule has 3 rings (SSSR count). The Kier molecular flexibility index (Phi) is 12.8. The maximum atomic E-state index is 13.4. The van der Waals surface area contributed by atoms with Crippen LogP contribution in [0.5, 0.6) is 0 Å². The van der Waals surface area contributed by atoms with Gasteiger partial charge in [0.1, 0.15) is 0 Å². The SMILES string of the molecule is CN1CCN(CC(=O)O)CCN(CC(=O)N(C)C2CCC(C3CCCCC3)CC2)CCN(CC(=O)O)CC1. The summed E-state index contributed by atoms with van der Waals surface area (Å²) in [6, 6.07) is 0.289. The highest BCUT2D eigenvalue weighted by Gasteiger charge is 2.31. The van der Waals surface area contributed by atoms with Crippen LogP contribution in [-0.2, 0) is 14.4 Å². The van der Waals surface area contributed by atoms with Gasteiger partial charge in [0.2, 0.25) is 5.91 Å². The van der Waals surface area contributed by atoms with Crippen LogP contribution in [0.4, 0.5) is 0 Å². The third-order valence-electron chi connectivity index (χ3n) is 9.14. The molecule has 0 aromatic heterocycles. The van der Waals surface area contributed by atoms with Gasteiger partial charge in [-0.15, -0.1) is 0 Å². The zero-order valence-electron chi connectivity index (χ0n) is 23.7. The van der Waals surface area contributed by atoms with Crippen LogP contribution in [0, 0.1) is 11.8 Å². The Labute approximate surface area is 228 Å². The fourth-order valence-electron chi connectivity index (χ4n) is 6.57.